The number of carboxylic acid groups (broad SMARTS) is 1. The zero-order valence-corrected chi connectivity index (χ0v) is 7.25. The molecule has 0 aromatic rings. The van der Waals surface area contributed by atoms with Crippen LogP contribution in [-0.4, -0.2) is 41.0 Å². The highest BCUT2D eigenvalue weighted by Crippen LogP contribution is 2.32. The molecule has 0 spiro atoms. The smallest absolute Gasteiger partial charge is 0.317 e. The third-order valence-corrected chi connectivity index (χ3v) is 3.66. The summed E-state index contributed by atoms with van der Waals surface area (Å²) in [4.78, 5) is 14.8. The SMILES string of the molecule is O=C(O)C1SCC2NCN=CC21. The Hall–Kier alpha value is -0.550. The number of nitrogens with zero attached hydrogens (tertiary/aromatic N) is 1. The zero-order chi connectivity index (χ0) is 8.55. The number of rotatable bonds is 1. The number of carbonyl (C=O) groups is 1. The number of hydrogen-bond acceptors (Lipinski definition) is 4. The summed E-state index contributed by atoms with van der Waals surface area (Å²) in [6.07, 6.45) is 1.79. The van der Waals surface area contributed by atoms with Crippen LogP contribution in [0.4, 0.5) is 0 Å². The Morgan fingerprint density at radius 3 is 3.33 bits per heavy atom. The van der Waals surface area contributed by atoms with E-state index in [1.165, 1.54) is 11.8 Å². The summed E-state index contributed by atoms with van der Waals surface area (Å²) in [5.41, 5.74) is 0. The van der Waals surface area contributed by atoms with Crippen LogP contribution in [0.2, 0.25) is 0 Å². The Bertz CT molecular complexity index is 231. The van der Waals surface area contributed by atoms with E-state index in [9.17, 15) is 4.79 Å². The molecular weight excluding hydrogens is 176 g/mol. The number of aliphatic imine (C=N–C) groups is 1. The van der Waals surface area contributed by atoms with E-state index in [0.29, 0.717) is 12.7 Å². The molecule has 12 heavy (non-hydrogen) atoms. The molecule has 2 heterocycles. The molecule has 5 heteroatoms. The summed E-state index contributed by atoms with van der Waals surface area (Å²) >= 11 is 1.50. The molecule has 66 valence electrons. The van der Waals surface area contributed by atoms with Crippen molar-refractivity contribution in [3.05, 3.63) is 0 Å². The molecule has 0 aliphatic carbocycles. The molecule has 0 bridgehead atoms. The van der Waals surface area contributed by atoms with E-state index >= 15 is 0 Å². The summed E-state index contributed by atoms with van der Waals surface area (Å²) in [6, 6.07) is 0.314. The molecular formula is C7H10N2O2S. The van der Waals surface area contributed by atoms with E-state index in [2.05, 4.69) is 10.3 Å². The Balaban J connectivity index is 2.15. The summed E-state index contributed by atoms with van der Waals surface area (Å²) in [6.45, 7) is 0.633. The second-order valence-electron chi connectivity index (χ2n) is 2.97. The first-order chi connectivity index (χ1) is 5.79. The zero-order valence-electron chi connectivity index (χ0n) is 6.43. The van der Waals surface area contributed by atoms with Gasteiger partial charge >= 0.3 is 5.97 Å². The molecule has 2 N–H and O–H groups in total. The Kier molecular flexibility index (Phi) is 2.06. The molecule has 2 rings (SSSR count). The molecule has 2 aliphatic heterocycles. The van der Waals surface area contributed by atoms with Crippen LogP contribution < -0.4 is 5.32 Å². The van der Waals surface area contributed by atoms with Crippen LogP contribution in [0.5, 0.6) is 0 Å². The third kappa shape index (κ3) is 1.23. The van der Waals surface area contributed by atoms with Crippen LogP contribution in [0.15, 0.2) is 4.99 Å². The number of nitrogens with one attached hydrogen (secondary N) is 1. The molecule has 0 amide bonds. The maximum Gasteiger partial charge on any atom is 0.317 e. The van der Waals surface area contributed by atoms with Gasteiger partial charge in [-0.3, -0.25) is 15.1 Å². The minimum Gasteiger partial charge on any atom is -0.480 e. The van der Waals surface area contributed by atoms with Gasteiger partial charge in [-0.2, -0.15) is 0 Å². The highest BCUT2D eigenvalue weighted by Gasteiger charge is 2.40. The topological polar surface area (TPSA) is 61.7 Å². The van der Waals surface area contributed by atoms with Gasteiger partial charge in [0, 0.05) is 23.9 Å². The van der Waals surface area contributed by atoms with E-state index in [1.807, 2.05) is 0 Å². The first-order valence-corrected chi connectivity index (χ1v) is 4.91. The molecule has 1 fully saturated rings. The van der Waals surface area contributed by atoms with Gasteiger partial charge in [0.1, 0.15) is 5.25 Å². The molecule has 2 aliphatic rings. The van der Waals surface area contributed by atoms with Crippen molar-refractivity contribution < 1.29 is 9.90 Å². The number of aliphatic carboxylic acids is 1. The summed E-state index contributed by atoms with van der Waals surface area (Å²) in [5, 5.41) is 11.7. The van der Waals surface area contributed by atoms with Crippen molar-refractivity contribution in [2.45, 2.75) is 11.3 Å². The van der Waals surface area contributed by atoms with Crippen LogP contribution in [-0.2, 0) is 4.79 Å². The second-order valence-corrected chi connectivity index (χ2v) is 4.14. The number of carboxylic acids is 1. The quantitative estimate of drug-likeness (QED) is 0.595. The predicted octanol–water partition coefficient (Wildman–Crippen LogP) is -0.197. The predicted molar refractivity (Wildman–Crippen MR) is 47.7 cm³/mol. The third-order valence-electron chi connectivity index (χ3n) is 2.24. The van der Waals surface area contributed by atoms with Gasteiger partial charge in [0.2, 0.25) is 0 Å². The van der Waals surface area contributed by atoms with Crippen molar-refractivity contribution >= 4 is 23.9 Å². The molecule has 0 aromatic carbocycles. The van der Waals surface area contributed by atoms with E-state index in [0.717, 1.165) is 5.75 Å². The van der Waals surface area contributed by atoms with Crippen LogP contribution in [0.3, 0.4) is 0 Å². The van der Waals surface area contributed by atoms with Crippen LogP contribution in [0, 0.1) is 5.92 Å². The number of hydrogen-bond donors (Lipinski definition) is 2. The van der Waals surface area contributed by atoms with Gasteiger partial charge in [-0.15, -0.1) is 11.8 Å². The first-order valence-electron chi connectivity index (χ1n) is 3.87. The minimum absolute atomic E-state index is 0.0845. The average Bonchev–Trinajstić information content (AvgIpc) is 2.47. The number of thioether (sulfide) groups is 1. The summed E-state index contributed by atoms with van der Waals surface area (Å²) in [5.74, 6) is 0.247. The van der Waals surface area contributed by atoms with Gasteiger partial charge in [0.15, 0.2) is 0 Å². The highest BCUT2D eigenvalue weighted by atomic mass is 32.2. The monoisotopic (exact) mass is 186 g/mol. The second kappa shape index (κ2) is 3.06. The standard InChI is InChI=1S/C7H10N2O2S/c10-7(11)6-4-1-8-3-9-5(4)2-12-6/h1,4-6,9H,2-3H2,(H,10,11). The van der Waals surface area contributed by atoms with Gasteiger partial charge in [0.05, 0.1) is 6.67 Å². The molecule has 3 unspecified atom stereocenters. The molecule has 0 aromatic heterocycles. The van der Waals surface area contributed by atoms with Crippen molar-refractivity contribution in [2.75, 3.05) is 12.4 Å². The Morgan fingerprint density at radius 2 is 2.58 bits per heavy atom. The maximum atomic E-state index is 10.7. The largest absolute Gasteiger partial charge is 0.480 e. The highest BCUT2D eigenvalue weighted by molar-refractivity contribution is 8.01. The maximum absolute atomic E-state index is 10.7. The van der Waals surface area contributed by atoms with Gasteiger partial charge in [-0.1, -0.05) is 0 Å². The number of fused-ring (bicyclic) bond motifs is 1. The summed E-state index contributed by atoms with van der Waals surface area (Å²) in [7, 11) is 0. The van der Waals surface area contributed by atoms with Crippen molar-refractivity contribution in [1.82, 2.24) is 5.32 Å². The van der Waals surface area contributed by atoms with Crippen molar-refractivity contribution in [2.24, 2.45) is 10.9 Å². The lowest BCUT2D eigenvalue weighted by molar-refractivity contribution is -0.136. The molecule has 0 radical (unpaired) electrons. The Labute approximate surface area is 74.4 Å². The van der Waals surface area contributed by atoms with E-state index in [1.54, 1.807) is 6.21 Å². The van der Waals surface area contributed by atoms with Gasteiger partial charge in [0.25, 0.3) is 0 Å². The molecule has 4 nitrogen and oxygen atoms in total. The molecule has 0 saturated carbocycles. The lowest BCUT2D eigenvalue weighted by Crippen LogP contribution is -2.43. The lowest BCUT2D eigenvalue weighted by atomic mass is 9.98. The van der Waals surface area contributed by atoms with Crippen molar-refractivity contribution in [3.8, 4) is 0 Å². The Morgan fingerprint density at radius 1 is 1.75 bits per heavy atom. The first kappa shape index (κ1) is 8.07. The van der Waals surface area contributed by atoms with Gasteiger partial charge in [-0.05, 0) is 0 Å². The van der Waals surface area contributed by atoms with Crippen LogP contribution >= 0.6 is 11.8 Å². The van der Waals surface area contributed by atoms with Crippen LogP contribution in [0.25, 0.3) is 0 Å². The van der Waals surface area contributed by atoms with E-state index in [-0.39, 0.29) is 11.2 Å². The van der Waals surface area contributed by atoms with Crippen molar-refractivity contribution in [3.63, 3.8) is 0 Å². The van der Waals surface area contributed by atoms with Crippen molar-refractivity contribution in [1.29, 1.82) is 0 Å². The fourth-order valence-corrected chi connectivity index (χ4v) is 2.98. The van der Waals surface area contributed by atoms with E-state index < -0.39 is 5.97 Å². The normalized spacial score (nSPS) is 39.5. The lowest BCUT2D eigenvalue weighted by Gasteiger charge is -2.21. The van der Waals surface area contributed by atoms with Gasteiger partial charge in [-0.25, -0.2) is 0 Å². The molecule has 1 saturated heterocycles. The summed E-state index contributed by atoms with van der Waals surface area (Å²) < 4.78 is 0. The van der Waals surface area contributed by atoms with Crippen LogP contribution in [0.1, 0.15) is 0 Å². The molecule has 3 atom stereocenters. The van der Waals surface area contributed by atoms with E-state index in [4.69, 9.17) is 5.11 Å². The average molecular weight is 186 g/mol. The fourth-order valence-electron chi connectivity index (χ4n) is 1.60. The van der Waals surface area contributed by atoms with Gasteiger partial charge < -0.3 is 5.11 Å². The fraction of sp³-hybridized carbons (Fsp3) is 0.714. The minimum atomic E-state index is -0.720.